The fourth-order valence-electron chi connectivity index (χ4n) is 1.56. The van der Waals surface area contributed by atoms with Crippen LogP contribution in [0.2, 0.25) is 0 Å². The van der Waals surface area contributed by atoms with E-state index in [9.17, 15) is 0 Å². The lowest BCUT2D eigenvalue weighted by molar-refractivity contribution is 0.901. The Bertz CT molecular complexity index is 497. The van der Waals surface area contributed by atoms with Gasteiger partial charge in [0, 0.05) is 11.9 Å². The molecule has 1 aromatic carbocycles. The number of para-hydroxylation sites is 1. The highest BCUT2D eigenvalue weighted by atomic mass is 15.0. The Morgan fingerprint density at radius 1 is 1.07 bits per heavy atom. The number of aromatic nitrogens is 1. The highest BCUT2D eigenvalue weighted by Crippen LogP contribution is 2.05. The Kier molecular flexibility index (Phi) is 2.68. The van der Waals surface area contributed by atoms with Gasteiger partial charge >= 0.3 is 0 Å². The maximum atomic E-state index is 7.84. The monoisotopic (exact) mass is 198 g/mol. The van der Waals surface area contributed by atoms with Gasteiger partial charge in [-0.25, -0.2) is 0 Å². The molecule has 0 aliphatic carbocycles. The van der Waals surface area contributed by atoms with Gasteiger partial charge in [-0.1, -0.05) is 31.2 Å². The maximum absolute atomic E-state index is 7.84. The summed E-state index contributed by atoms with van der Waals surface area (Å²) in [5.41, 5.74) is 2.80. The van der Waals surface area contributed by atoms with E-state index in [-0.39, 0.29) is 0 Å². The Morgan fingerprint density at radius 3 is 2.47 bits per heavy atom. The minimum Gasteiger partial charge on any atom is -0.302 e. The van der Waals surface area contributed by atoms with Crippen molar-refractivity contribution in [1.82, 2.24) is 4.57 Å². The van der Waals surface area contributed by atoms with Crippen molar-refractivity contribution in [3.05, 3.63) is 59.7 Å². The molecule has 2 aromatic rings. The number of nitrogens with zero attached hydrogens (tertiary/aromatic N) is 1. The predicted molar refractivity (Wildman–Crippen MR) is 61.0 cm³/mol. The maximum Gasteiger partial charge on any atom is 0.129 e. The lowest BCUT2D eigenvalue weighted by atomic mass is 10.2. The highest BCUT2D eigenvalue weighted by molar-refractivity contribution is 5.32. The molecule has 0 amide bonds. The Labute approximate surface area is 89.3 Å². The first-order valence-corrected chi connectivity index (χ1v) is 5.13. The van der Waals surface area contributed by atoms with Crippen molar-refractivity contribution in [3.63, 3.8) is 0 Å². The summed E-state index contributed by atoms with van der Waals surface area (Å²) in [6.07, 6.45) is 3.02. The van der Waals surface area contributed by atoms with E-state index < -0.39 is 0 Å². The molecule has 1 aromatic heterocycles. The first-order valence-electron chi connectivity index (χ1n) is 5.13. The first kappa shape index (κ1) is 9.71. The molecule has 2 heteroatoms. The van der Waals surface area contributed by atoms with E-state index in [0.717, 1.165) is 12.1 Å². The second-order valence-electron chi connectivity index (χ2n) is 3.48. The van der Waals surface area contributed by atoms with Crippen molar-refractivity contribution in [1.29, 1.82) is 5.41 Å². The van der Waals surface area contributed by atoms with Gasteiger partial charge in [0.15, 0.2) is 0 Å². The Morgan fingerprint density at radius 2 is 1.80 bits per heavy atom. The van der Waals surface area contributed by atoms with Crippen LogP contribution in [-0.4, -0.2) is 4.57 Å². The van der Waals surface area contributed by atoms with Crippen molar-refractivity contribution in [2.75, 3.05) is 0 Å². The standard InChI is InChI=1S/C13H14N2/c1-2-11-8-9-13(14)15(10-11)12-6-4-3-5-7-12/h3-10,14H,2H2,1H3. The Balaban J connectivity index is 2.57. The predicted octanol–water partition coefficient (Wildman–Crippen LogP) is 2.52. The minimum atomic E-state index is 0.512. The van der Waals surface area contributed by atoms with Crippen molar-refractivity contribution in [3.8, 4) is 5.69 Å². The minimum absolute atomic E-state index is 0.512. The van der Waals surface area contributed by atoms with Crippen LogP contribution in [0.15, 0.2) is 48.7 Å². The average Bonchev–Trinajstić information content (AvgIpc) is 2.31. The van der Waals surface area contributed by atoms with Gasteiger partial charge in [0.25, 0.3) is 0 Å². The highest BCUT2D eigenvalue weighted by Gasteiger charge is 1.96. The van der Waals surface area contributed by atoms with Gasteiger partial charge in [0.2, 0.25) is 0 Å². The Hall–Kier alpha value is -1.83. The number of benzene rings is 1. The molecule has 0 spiro atoms. The van der Waals surface area contributed by atoms with Crippen LogP contribution in [0.25, 0.3) is 5.69 Å². The number of rotatable bonds is 2. The van der Waals surface area contributed by atoms with E-state index >= 15 is 0 Å². The van der Waals surface area contributed by atoms with Gasteiger partial charge in [0.05, 0.1) is 0 Å². The molecule has 2 rings (SSSR count). The summed E-state index contributed by atoms with van der Waals surface area (Å²) in [5.74, 6) is 0. The summed E-state index contributed by atoms with van der Waals surface area (Å²) < 4.78 is 1.90. The molecule has 0 bridgehead atoms. The van der Waals surface area contributed by atoms with Crippen molar-refractivity contribution in [2.45, 2.75) is 13.3 Å². The number of hydrogen-bond donors (Lipinski definition) is 1. The van der Waals surface area contributed by atoms with Gasteiger partial charge < -0.3 is 4.57 Å². The lowest BCUT2D eigenvalue weighted by Crippen LogP contribution is -2.17. The molecule has 0 unspecified atom stereocenters. The third-order valence-electron chi connectivity index (χ3n) is 2.45. The molecule has 2 nitrogen and oxygen atoms in total. The van der Waals surface area contributed by atoms with E-state index in [0.29, 0.717) is 5.49 Å². The zero-order chi connectivity index (χ0) is 10.7. The van der Waals surface area contributed by atoms with Gasteiger partial charge in [0.1, 0.15) is 5.49 Å². The number of hydrogen-bond acceptors (Lipinski definition) is 1. The van der Waals surface area contributed by atoms with Gasteiger partial charge in [-0.15, -0.1) is 0 Å². The molecule has 1 heterocycles. The largest absolute Gasteiger partial charge is 0.302 e. The zero-order valence-corrected chi connectivity index (χ0v) is 8.77. The zero-order valence-electron chi connectivity index (χ0n) is 8.77. The normalized spacial score (nSPS) is 10.2. The van der Waals surface area contributed by atoms with Crippen LogP contribution >= 0.6 is 0 Å². The topological polar surface area (TPSA) is 28.8 Å². The molecule has 0 aliphatic heterocycles. The molecule has 76 valence electrons. The van der Waals surface area contributed by atoms with Crippen LogP contribution in [0.1, 0.15) is 12.5 Å². The SMILES string of the molecule is CCc1ccc(=N)n(-c2ccccc2)c1. The van der Waals surface area contributed by atoms with Crippen molar-refractivity contribution in [2.24, 2.45) is 0 Å². The van der Waals surface area contributed by atoms with Crippen LogP contribution in [0.3, 0.4) is 0 Å². The molecule has 0 fully saturated rings. The van der Waals surface area contributed by atoms with Crippen molar-refractivity contribution >= 4 is 0 Å². The summed E-state index contributed by atoms with van der Waals surface area (Å²) in [5, 5.41) is 7.84. The molecule has 0 saturated carbocycles. The van der Waals surface area contributed by atoms with Crippen molar-refractivity contribution < 1.29 is 0 Å². The first-order chi connectivity index (χ1) is 7.31. The van der Waals surface area contributed by atoms with E-state index in [1.165, 1.54) is 5.56 Å². The second-order valence-corrected chi connectivity index (χ2v) is 3.48. The van der Waals surface area contributed by atoms with Crippen LogP contribution in [-0.2, 0) is 6.42 Å². The van der Waals surface area contributed by atoms with Crippen LogP contribution in [0.4, 0.5) is 0 Å². The molecule has 0 aliphatic rings. The molecule has 0 radical (unpaired) electrons. The van der Waals surface area contributed by atoms with Crippen LogP contribution < -0.4 is 5.49 Å². The van der Waals surface area contributed by atoms with Gasteiger partial charge in [-0.2, -0.15) is 0 Å². The summed E-state index contributed by atoms with van der Waals surface area (Å²) in [6.45, 7) is 2.12. The average molecular weight is 198 g/mol. The third-order valence-corrected chi connectivity index (χ3v) is 2.45. The second kappa shape index (κ2) is 4.13. The summed E-state index contributed by atoms with van der Waals surface area (Å²) in [6, 6.07) is 13.8. The molecular weight excluding hydrogens is 184 g/mol. The van der Waals surface area contributed by atoms with Crippen LogP contribution in [0, 0.1) is 5.41 Å². The lowest BCUT2D eigenvalue weighted by Gasteiger charge is -2.08. The number of pyridine rings is 1. The van der Waals surface area contributed by atoms with E-state index in [1.807, 2.05) is 53.2 Å². The number of nitrogens with one attached hydrogen (secondary N) is 1. The third kappa shape index (κ3) is 1.99. The molecular formula is C13H14N2. The fourth-order valence-corrected chi connectivity index (χ4v) is 1.56. The van der Waals surface area contributed by atoms with Gasteiger partial charge in [-0.3, -0.25) is 5.41 Å². The number of aryl methyl sites for hydroxylation is 1. The summed E-state index contributed by atoms with van der Waals surface area (Å²) >= 11 is 0. The van der Waals surface area contributed by atoms with E-state index in [2.05, 4.69) is 6.92 Å². The van der Waals surface area contributed by atoms with Gasteiger partial charge in [-0.05, 0) is 30.2 Å². The fraction of sp³-hybridized carbons (Fsp3) is 0.154. The summed E-state index contributed by atoms with van der Waals surface area (Å²) in [7, 11) is 0. The molecule has 15 heavy (non-hydrogen) atoms. The van der Waals surface area contributed by atoms with E-state index in [4.69, 9.17) is 5.41 Å². The molecule has 0 atom stereocenters. The molecule has 0 saturated heterocycles. The molecule has 1 N–H and O–H groups in total. The van der Waals surface area contributed by atoms with E-state index in [1.54, 1.807) is 0 Å². The van der Waals surface area contributed by atoms with Crippen LogP contribution in [0.5, 0.6) is 0 Å². The summed E-state index contributed by atoms with van der Waals surface area (Å²) in [4.78, 5) is 0. The smallest absolute Gasteiger partial charge is 0.129 e. The quantitative estimate of drug-likeness (QED) is 0.768.